The quantitative estimate of drug-likeness (QED) is 0.332. The fourth-order valence-electron chi connectivity index (χ4n) is 1.93. The molecule has 24 heavy (non-hydrogen) atoms. The third kappa shape index (κ3) is 3.78. The summed E-state index contributed by atoms with van der Waals surface area (Å²) in [7, 11) is 0. The first kappa shape index (κ1) is 17.8. The van der Waals surface area contributed by atoms with Gasteiger partial charge in [0.25, 0.3) is 0 Å². The van der Waals surface area contributed by atoms with Crippen LogP contribution in [0.3, 0.4) is 0 Å². The molecule has 0 fully saturated rings. The van der Waals surface area contributed by atoms with Gasteiger partial charge in [0.2, 0.25) is 5.91 Å². The van der Waals surface area contributed by atoms with Gasteiger partial charge >= 0.3 is 0 Å². The Hall–Kier alpha value is -1.05. The lowest BCUT2D eigenvalue weighted by Gasteiger charge is -2.13. The van der Waals surface area contributed by atoms with Gasteiger partial charge in [-0.15, -0.1) is 11.3 Å². The summed E-state index contributed by atoms with van der Waals surface area (Å²) >= 11 is 20.8. The van der Waals surface area contributed by atoms with Gasteiger partial charge in [-0.3, -0.25) is 4.79 Å². The number of rotatable bonds is 4. The van der Waals surface area contributed by atoms with E-state index in [1.807, 2.05) is 11.4 Å². The lowest BCUT2D eigenvalue weighted by molar-refractivity contribution is -0.115. The van der Waals surface area contributed by atoms with Gasteiger partial charge < -0.3 is 5.32 Å². The summed E-state index contributed by atoms with van der Waals surface area (Å²) in [6.07, 6.45) is 1.50. The van der Waals surface area contributed by atoms with Crippen LogP contribution < -0.4 is 5.32 Å². The molecule has 1 unspecified atom stereocenters. The highest BCUT2D eigenvalue weighted by atomic mass is 35.5. The topological polar surface area (TPSA) is 54.9 Å². The van der Waals surface area contributed by atoms with Crippen LogP contribution in [-0.4, -0.2) is 21.1 Å². The lowest BCUT2D eigenvalue weighted by atomic mass is 10.3. The van der Waals surface area contributed by atoms with Gasteiger partial charge in [0.15, 0.2) is 0 Å². The fraction of sp³-hybridized carbons (Fsp3) is 0.133. The number of nitrogens with one attached hydrogen (secondary N) is 1. The standard InChI is InChI=1S/C15H10Cl3N3OS2/c1-7(24-15-8-2-3-23-14(8)19-6-20-15)13(22)21-12-5-10(17)9(16)4-11(12)18/h2-7H,1H3,(H,21,22). The van der Waals surface area contributed by atoms with Crippen LogP contribution in [0.25, 0.3) is 10.2 Å². The second-order valence-corrected chi connectivity index (χ2v) is 8.26. The first-order valence-electron chi connectivity index (χ1n) is 6.76. The lowest BCUT2D eigenvalue weighted by Crippen LogP contribution is -2.22. The summed E-state index contributed by atoms with van der Waals surface area (Å²) in [6.45, 7) is 1.80. The number of aromatic nitrogens is 2. The molecule has 0 radical (unpaired) electrons. The first-order valence-corrected chi connectivity index (χ1v) is 9.65. The van der Waals surface area contributed by atoms with Gasteiger partial charge in [-0.05, 0) is 30.5 Å². The maximum absolute atomic E-state index is 12.4. The molecular formula is C15H10Cl3N3OS2. The molecule has 0 aliphatic carbocycles. The SMILES string of the molecule is CC(Sc1ncnc2sccc12)C(=O)Nc1cc(Cl)c(Cl)cc1Cl. The molecular weight excluding hydrogens is 409 g/mol. The van der Waals surface area contributed by atoms with Crippen molar-refractivity contribution in [1.29, 1.82) is 0 Å². The number of benzene rings is 1. The van der Waals surface area contributed by atoms with Crippen molar-refractivity contribution in [2.24, 2.45) is 0 Å². The number of thiophene rings is 1. The Balaban J connectivity index is 1.76. The van der Waals surface area contributed by atoms with Gasteiger partial charge in [-0.25, -0.2) is 9.97 Å². The van der Waals surface area contributed by atoms with Crippen LogP contribution in [0.2, 0.25) is 15.1 Å². The number of carbonyl (C=O) groups excluding carboxylic acids is 1. The number of thioether (sulfide) groups is 1. The smallest absolute Gasteiger partial charge is 0.237 e. The third-order valence-electron chi connectivity index (χ3n) is 3.15. The van der Waals surface area contributed by atoms with E-state index >= 15 is 0 Å². The monoisotopic (exact) mass is 417 g/mol. The largest absolute Gasteiger partial charge is 0.324 e. The van der Waals surface area contributed by atoms with Crippen molar-refractivity contribution >= 4 is 79.7 Å². The summed E-state index contributed by atoms with van der Waals surface area (Å²) < 4.78 is 0. The van der Waals surface area contributed by atoms with Crippen LogP contribution in [0.1, 0.15) is 6.92 Å². The van der Waals surface area contributed by atoms with Gasteiger partial charge in [0, 0.05) is 5.39 Å². The number of fused-ring (bicyclic) bond motifs is 1. The maximum atomic E-state index is 12.4. The van der Waals surface area contributed by atoms with Crippen molar-refractivity contribution in [3.05, 3.63) is 45.0 Å². The Bertz CT molecular complexity index is 916. The van der Waals surface area contributed by atoms with Crippen molar-refractivity contribution in [1.82, 2.24) is 9.97 Å². The molecule has 0 saturated carbocycles. The van der Waals surface area contributed by atoms with E-state index < -0.39 is 0 Å². The summed E-state index contributed by atoms with van der Waals surface area (Å²) in [4.78, 5) is 21.8. The van der Waals surface area contributed by atoms with Gasteiger partial charge in [0.05, 0.1) is 26.0 Å². The summed E-state index contributed by atoms with van der Waals surface area (Å²) in [6, 6.07) is 4.98. The number of amides is 1. The number of anilines is 1. The van der Waals surface area contributed by atoms with Crippen molar-refractivity contribution in [3.63, 3.8) is 0 Å². The zero-order chi connectivity index (χ0) is 17.3. The zero-order valence-corrected chi connectivity index (χ0v) is 16.1. The number of carbonyl (C=O) groups is 1. The minimum Gasteiger partial charge on any atom is -0.324 e. The first-order chi connectivity index (χ1) is 11.5. The van der Waals surface area contributed by atoms with Gasteiger partial charge in [-0.1, -0.05) is 46.6 Å². The Morgan fingerprint density at radius 1 is 1.21 bits per heavy atom. The average molecular weight is 419 g/mol. The van der Waals surface area contributed by atoms with E-state index in [1.54, 1.807) is 6.92 Å². The minimum atomic E-state index is -0.381. The highest BCUT2D eigenvalue weighted by molar-refractivity contribution is 8.00. The molecule has 3 rings (SSSR count). The number of nitrogens with zero attached hydrogens (tertiary/aromatic N) is 2. The van der Waals surface area contributed by atoms with E-state index in [0.29, 0.717) is 20.8 Å². The third-order valence-corrected chi connectivity index (χ3v) is 6.12. The molecule has 0 aliphatic heterocycles. The predicted octanol–water partition coefficient (Wildman–Crippen LogP) is 5.77. The summed E-state index contributed by atoms with van der Waals surface area (Å²) in [5.74, 6) is -0.206. The van der Waals surface area contributed by atoms with E-state index in [-0.39, 0.29) is 11.2 Å². The van der Waals surface area contributed by atoms with E-state index in [1.165, 1.54) is 41.6 Å². The summed E-state index contributed by atoms with van der Waals surface area (Å²) in [5, 5.41) is 7.04. The molecule has 0 spiro atoms. The molecule has 9 heteroatoms. The molecule has 124 valence electrons. The van der Waals surface area contributed by atoms with Gasteiger partial charge in [-0.2, -0.15) is 0 Å². The van der Waals surface area contributed by atoms with Crippen molar-refractivity contribution in [2.45, 2.75) is 17.2 Å². The molecule has 1 amide bonds. The van der Waals surface area contributed by atoms with E-state index in [9.17, 15) is 4.79 Å². The van der Waals surface area contributed by atoms with Crippen LogP contribution in [0.5, 0.6) is 0 Å². The van der Waals surface area contributed by atoms with E-state index in [4.69, 9.17) is 34.8 Å². The van der Waals surface area contributed by atoms with Crippen LogP contribution in [0.4, 0.5) is 5.69 Å². The molecule has 1 N–H and O–H groups in total. The van der Waals surface area contributed by atoms with E-state index in [2.05, 4.69) is 15.3 Å². The number of hydrogen-bond donors (Lipinski definition) is 1. The second kappa shape index (κ2) is 7.45. The van der Waals surface area contributed by atoms with Crippen LogP contribution in [0, 0.1) is 0 Å². The second-order valence-electron chi connectivity index (χ2n) is 4.81. The minimum absolute atomic E-state index is 0.206. The van der Waals surface area contributed by atoms with Crippen molar-refractivity contribution in [2.75, 3.05) is 5.32 Å². The Morgan fingerprint density at radius 3 is 2.75 bits per heavy atom. The molecule has 1 atom stereocenters. The molecule has 0 bridgehead atoms. The fourth-order valence-corrected chi connectivity index (χ4v) is 4.23. The molecule has 3 aromatic rings. The van der Waals surface area contributed by atoms with Crippen molar-refractivity contribution < 1.29 is 4.79 Å². The van der Waals surface area contributed by atoms with Crippen LogP contribution >= 0.6 is 57.9 Å². The molecule has 0 saturated heterocycles. The molecule has 2 aromatic heterocycles. The summed E-state index contributed by atoms with van der Waals surface area (Å²) in [5.41, 5.74) is 0.423. The predicted molar refractivity (Wildman–Crippen MR) is 103 cm³/mol. The molecule has 0 aliphatic rings. The normalized spacial score (nSPS) is 12.3. The average Bonchev–Trinajstić information content (AvgIpc) is 3.02. The molecule has 4 nitrogen and oxygen atoms in total. The highest BCUT2D eigenvalue weighted by Crippen LogP contribution is 2.34. The molecule has 2 heterocycles. The number of hydrogen-bond acceptors (Lipinski definition) is 5. The van der Waals surface area contributed by atoms with Gasteiger partial charge in [0.1, 0.15) is 16.2 Å². The number of halogens is 3. The highest BCUT2D eigenvalue weighted by Gasteiger charge is 2.19. The Kier molecular flexibility index (Phi) is 5.52. The Labute approximate surface area is 161 Å². The van der Waals surface area contributed by atoms with E-state index in [0.717, 1.165) is 15.2 Å². The molecule has 1 aromatic carbocycles. The van der Waals surface area contributed by atoms with Crippen LogP contribution in [-0.2, 0) is 4.79 Å². The van der Waals surface area contributed by atoms with Crippen LogP contribution in [0.15, 0.2) is 34.9 Å². The zero-order valence-electron chi connectivity index (χ0n) is 12.2. The Morgan fingerprint density at radius 2 is 1.96 bits per heavy atom. The maximum Gasteiger partial charge on any atom is 0.237 e. The van der Waals surface area contributed by atoms with Crippen molar-refractivity contribution in [3.8, 4) is 0 Å².